The van der Waals surface area contributed by atoms with Crippen LogP contribution in [0.1, 0.15) is 35.9 Å². The van der Waals surface area contributed by atoms with Crippen LogP contribution in [0.2, 0.25) is 5.02 Å². The highest BCUT2D eigenvalue weighted by Gasteiger charge is 2.40. The molecule has 2 aromatic carbocycles. The van der Waals surface area contributed by atoms with E-state index in [1.165, 1.54) is 28.9 Å². The zero-order valence-electron chi connectivity index (χ0n) is 23.2. The summed E-state index contributed by atoms with van der Waals surface area (Å²) in [5.74, 6) is 0.617. The van der Waals surface area contributed by atoms with Gasteiger partial charge in [-0.05, 0) is 38.0 Å². The smallest absolute Gasteiger partial charge is 0.247 e. The Bertz CT molecular complexity index is 1990. The number of halogens is 2. The maximum atomic E-state index is 15.8. The number of H-pyrrole nitrogens is 1. The van der Waals surface area contributed by atoms with Gasteiger partial charge in [0.15, 0.2) is 11.6 Å². The van der Waals surface area contributed by atoms with E-state index < -0.39 is 29.7 Å². The number of rotatable bonds is 6. The number of likely N-dealkylation sites (tertiary alicyclic amines) is 1. The summed E-state index contributed by atoms with van der Waals surface area (Å²) in [6.07, 6.45) is 9.47. The van der Waals surface area contributed by atoms with Crippen LogP contribution < -0.4 is 5.32 Å². The summed E-state index contributed by atoms with van der Waals surface area (Å²) >= 11 is 6.55. The van der Waals surface area contributed by atoms with Crippen LogP contribution in [0.4, 0.5) is 10.1 Å². The van der Waals surface area contributed by atoms with Crippen molar-refractivity contribution in [3.05, 3.63) is 71.2 Å². The van der Waals surface area contributed by atoms with Gasteiger partial charge in [0.25, 0.3) is 0 Å². The monoisotopic (exact) mass is 597 g/mol. The summed E-state index contributed by atoms with van der Waals surface area (Å²) in [4.78, 5) is 52.2. The van der Waals surface area contributed by atoms with Gasteiger partial charge in [-0.15, -0.1) is 6.42 Å². The minimum absolute atomic E-state index is 0.0644. The number of nitrogens with zero attached hydrogens (tertiary/aromatic N) is 5. The number of aromatic amines is 1. The number of ketones is 1. The third-order valence-corrected chi connectivity index (χ3v) is 8.03. The number of nitrogens with one attached hydrogen (secondary N) is 2. The van der Waals surface area contributed by atoms with Crippen molar-refractivity contribution < 1.29 is 18.8 Å². The second-order valence-corrected chi connectivity index (χ2v) is 10.7. The topological polar surface area (TPSA) is 126 Å². The van der Waals surface area contributed by atoms with Crippen molar-refractivity contribution in [2.24, 2.45) is 0 Å². The minimum Gasteiger partial charge on any atom is -0.343 e. The highest BCUT2D eigenvalue weighted by molar-refractivity contribution is 6.37. The number of carbonyl (C=O) groups excluding carboxylic acids is 3. The van der Waals surface area contributed by atoms with Crippen molar-refractivity contribution in [1.29, 1.82) is 0 Å². The van der Waals surface area contributed by atoms with Gasteiger partial charge < -0.3 is 15.2 Å². The number of benzene rings is 2. The highest BCUT2D eigenvalue weighted by atomic mass is 35.5. The maximum Gasteiger partial charge on any atom is 0.247 e. The van der Waals surface area contributed by atoms with E-state index in [9.17, 15) is 14.4 Å². The lowest BCUT2D eigenvalue weighted by Crippen LogP contribution is -2.47. The fourth-order valence-electron chi connectivity index (χ4n) is 5.58. The number of aromatic nitrogens is 5. The Kier molecular flexibility index (Phi) is 7.15. The number of carbonyl (C=O) groups is 3. The molecule has 0 unspecified atom stereocenters. The fraction of sp³-hybridized carbons (Fsp3) is 0.226. The van der Waals surface area contributed by atoms with E-state index in [0.717, 1.165) is 0 Å². The predicted octanol–water partition coefficient (Wildman–Crippen LogP) is 4.91. The first-order valence-corrected chi connectivity index (χ1v) is 13.9. The van der Waals surface area contributed by atoms with Gasteiger partial charge in [-0.3, -0.25) is 24.0 Å². The molecule has 0 bridgehead atoms. The Balaban J connectivity index is 1.27. The molecule has 1 saturated heterocycles. The average molecular weight is 598 g/mol. The summed E-state index contributed by atoms with van der Waals surface area (Å²) in [6, 6.07) is 8.14. The summed E-state index contributed by atoms with van der Waals surface area (Å²) in [6.45, 7) is 2.92. The summed E-state index contributed by atoms with van der Waals surface area (Å²) in [5, 5.41) is 7.89. The number of hydrogen-bond donors (Lipinski definition) is 2. The SMILES string of the molecule is C#C[C@@H]1CC[C@@H](C(=O)Nc2cccc(-c3ccc4nc[nH]c4c3Cl)c2F)N1C(=O)Cn1nc(C(C)=O)c2cc(C)ncc21. The number of Topliss-reactive ketones (excluding diaryl/α,β-unsaturated/α-hetero) is 1. The molecule has 0 saturated carbocycles. The molecular weight excluding hydrogens is 573 g/mol. The van der Waals surface area contributed by atoms with Crippen molar-refractivity contribution in [3.63, 3.8) is 0 Å². The Morgan fingerprint density at radius 2 is 2.00 bits per heavy atom. The molecule has 1 aliphatic rings. The molecule has 12 heteroatoms. The van der Waals surface area contributed by atoms with E-state index in [2.05, 4.69) is 31.3 Å². The number of terminal acetylenes is 1. The van der Waals surface area contributed by atoms with Crippen molar-refractivity contribution in [2.75, 3.05) is 5.32 Å². The first kappa shape index (κ1) is 28.1. The lowest BCUT2D eigenvalue weighted by Gasteiger charge is -2.27. The number of anilines is 1. The Morgan fingerprint density at radius 1 is 1.19 bits per heavy atom. The third kappa shape index (κ3) is 4.89. The third-order valence-electron chi connectivity index (χ3n) is 7.64. The van der Waals surface area contributed by atoms with E-state index >= 15 is 4.39 Å². The van der Waals surface area contributed by atoms with Crippen molar-refractivity contribution in [2.45, 2.75) is 45.3 Å². The van der Waals surface area contributed by atoms with Gasteiger partial charge in [-0.1, -0.05) is 35.7 Å². The molecule has 6 rings (SSSR count). The van der Waals surface area contributed by atoms with E-state index in [0.29, 0.717) is 44.6 Å². The highest BCUT2D eigenvalue weighted by Crippen LogP contribution is 2.36. The average Bonchev–Trinajstić information content (AvgIpc) is 3.72. The lowest BCUT2D eigenvalue weighted by atomic mass is 10.0. The first-order chi connectivity index (χ1) is 20.7. The largest absolute Gasteiger partial charge is 0.343 e. The lowest BCUT2D eigenvalue weighted by molar-refractivity contribution is -0.138. The minimum atomic E-state index is -0.948. The molecule has 0 aliphatic carbocycles. The zero-order valence-corrected chi connectivity index (χ0v) is 23.9. The van der Waals surface area contributed by atoms with Crippen LogP contribution in [0.15, 0.2) is 48.9 Å². The Labute approximate surface area is 250 Å². The molecule has 5 aromatic rings. The quantitative estimate of drug-likeness (QED) is 0.212. The standard InChI is InChI=1S/C31H25ClFN7O3/c1-4-18-8-11-24(40(18)26(42)14-39-25-13-34-16(2)12-21(25)29(38-39)17(3)41)31(43)37-22-7-5-6-20(28(22)33)19-9-10-23-30(27(19)32)36-15-35-23/h1,5-7,9-10,12-13,15,18,24H,8,11,14H2,2-3H3,(H,35,36)(H,37,43)/t18-,24+/m1/s1. The van der Waals surface area contributed by atoms with Crippen LogP contribution in [0.5, 0.6) is 0 Å². The molecular formula is C31H25ClFN7O3. The van der Waals surface area contributed by atoms with Crippen molar-refractivity contribution in [3.8, 4) is 23.5 Å². The van der Waals surface area contributed by atoms with Crippen LogP contribution in [0.25, 0.3) is 33.1 Å². The second-order valence-electron chi connectivity index (χ2n) is 10.4. The second kappa shape index (κ2) is 11.0. The zero-order chi connectivity index (χ0) is 30.4. The molecule has 3 aromatic heterocycles. The molecule has 43 heavy (non-hydrogen) atoms. The van der Waals surface area contributed by atoms with E-state index in [1.54, 1.807) is 43.5 Å². The molecule has 4 heterocycles. The molecule has 2 atom stereocenters. The molecule has 2 N–H and O–H groups in total. The maximum absolute atomic E-state index is 15.8. The predicted molar refractivity (Wildman–Crippen MR) is 160 cm³/mol. The van der Waals surface area contributed by atoms with Gasteiger partial charge >= 0.3 is 0 Å². The van der Waals surface area contributed by atoms with Crippen LogP contribution in [-0.2, 0) is 16.1 Å². The van der Waals surface area contributed by atoms with Gasteiger partial charge in [0, 0.05) is 29.1 Å². The Morgan fingerprint density at radius 3 is 2.77 bits per heavy atom. The molecule has 1 aliphatic heterocycles. The van der Waals surface area contributed by atoms with Gasteiger partial charge in [-0.25, -0.2) is 9.37 Å². The van der Waals surface area contributed by atoms with Gasteiger partial charge in [-0.2, -0.15) is 5.10 Å². The van der Waals surface area contributed by atoms with Crippen molar-refractivity contribution >= 4 is 56.8 Å². The number of hydrogen-bond acceptors (Lipinski definition) is 6. The fourth-order valence-corrected chi connectivity index (χ4v) is 5.90. The molecule has 0 radical (unpaired) electrons. The van der Waals surface area contributed by atoms with E-state index in [1.807, 2.05) is 0 Å². The van der Waals surface area contributed by atoms with E-state index in [4.69, 9.17) is 18.0 Å². The molecule has 0 spiro atoms. The number of fused-ring (bicyclic) bond motifs is 2. The van der Waals surface area contributed by atoms with Crippen molar-refractivity contribution in [1.82, 2.24) is 29.6 Å². The van der Waals surface area contributed by atoms with Gasteiger partial charge in [0.1, 0.15) is 18.3 Å². The number of amides is 2. The summed E-state index contributed by atoms with van der Waals surface area (Å²) in [5.41, 5.74) is 3.19. The number of pyridine rings is 1. The summed E-state index contributed by atoms with van der Waals surface area (Å²) in [7, 11) is 0. The molecule has 2 amide bonds. The normalized spacial score (nSPS) is 16.5. The van der Waals surface area contributed by atoms with Crippen LogP contribution in [0, 0.1) is 25.1 Å². The Hall–Kier alpha value is -5.08. The molecule has 1 fully saturated rings. The number of imidazole rings is 1. The van der Waals surface area contributed by atoms with Gasteiger partial charge in [0.05, 0.1) is 45.8 Å². The number of aryl methyl sites for hydroxylation is 1. The molecule has 216 valence electrons. The summed E-state index contributed by atoms with van der Waals surface area (Å²) < 4.78 is 17.2. The van der Waals surface area contributed by atoms with E-state index in [-0.39, 0.29) is 35.7 Å². The first-order valence-electron chi connectivity index (χ1n) is 13.5. The van der Waals surface area contributed by atoms with Crippen LogP contribution in [0.3, 0.4) is 0 Å². The molecule has 10 nitrogen and oxygen atoms in total. The van der Waals surface area contributed by atoms with Crippen LogP contribution in [-0.4, -0.2) is 59.3 Å². The van der Waals surface area contributed by atoms with Crippen LogP contribution >= 0.6 is 11.6 Å². The van der Waals surface area contributed by atoms with Gasteiger partial charge in [0.2, 0.25) is 11.8 Å².